The third-order valence-corrected chi connectivity index (χ3v) is 2.05. The van der Waals surface area contributed by atoms with Crippen molar-refractivity contribution in [3.05, 3.63) is 66.4 Å². The van der Waals surface area contributed by atoms with E-state index in [9.17, 15) is 4.79 Å². The van der Waals surface area contributed by atoms with Crippen LogP contribution in [0.4, 0.5) is 0 Å². The molecule has 1 heterocycles. The molecule has 0 saturated heterocycles. The topological polar surface area (TPSA) is 39.2 Å². The number of carbonyl (C=O) groups is 1. The van der Waals surface area contributed by atoms with Gasteiger partial charge >= 0.3 is 5.97 Å². The Kier molecular flexibility index (Phi) is 3.65. The predicted octanol–water partition coefficient (Wildman–Crippen LogP) is 2.70. The second kappa shape index (κ2) is 5.61. The van der Waals surface area contributed by atoms with Crippen molar-refractivity contribution in [1.29, 1.82) is 0 Å². The van der Waals surface area contributed by atoms with Crippen LogP contribution in [0.5, 0.6) is 5.88 Å². The molecule has 0 aliphatic heterocycles. The highest BCUT2D eigenvalue weighted by Gasteiger charge is 1.99. The van der Waals surface area contributed by atoms with Gasteiger partial charge in [-0.25, -0.2) is 9.78 Å². The summed E-state index contributed by atoms with van der Waals surface area (Å²) in [6.07, 6.45) is 4.65. The summed E-state index contributed by atoms with van der Waals surface area (Å²) in [5.41, 5.74) is 0.950. The van der Waals surface area contributed by atoms with Crippen molar-refractivity contribution in [2.45, 2.75) is 0 Å². The Balaban J connectivity index is 1.96. The number of nitrogens with zero attached hydrogens (tertiary/aromatic N) is 1. The molecular weight excluding hydrogens is 214 g/mol. The minimum Gasteiger partial charge on any atom is -0.404 e. The fourth-order valence-corrected chi connectivity index (χ4v) is 1.27. The van der Waals surface area contributed by atoms with E-state index < -0.39 is 5.97 Å². The lowest BCUT2D eigenvalue weighted by Crippen LogP contribution is -2.04. The maximum atomic E-state index is 11.4. The smallest absolute Gasteiger partial charge is 0.337 e. The fraction of sp³-hybridized carbons (Fsp3) is 0. The third kappa shape index (κ3) is 3.57. The molecule has 3 nitrogen and oxygen atoms in total. The first-order valence-electron chi connectivity index (χ1n) is 5.20. The van der Waals surface area contributed by atoms with E-state index in [-0.39, 0.29) is 0 Å². The van der Waals surface area contributed by atoms with Crippen molar-refractivity contribution in [1.82, 2.24) is 4.98 Å². The number of benzene rings is 1. The zero-order valence-corrected chi connectivity index (χ0v) is 9.11. The van der Waals surface area contributed by atoms with Crippen LogP contribution < -0.4 is 4.74 Å². The number of pyridine rings is 1. The maximum absolute atomic E-state index is 11.4. The van der Waals surface area contributed by atoms with E-state index in [0.29, 0.717) is 5.88 Å². The van der Waals surface area contributed by atoms with Crippen LogP contribution in [0.1, 0.15) is 5.56 Å². The largest absolute Gasteiger partial charge is 0.404 e. The van der Waals surface area contributed by atoms with Gasteiger partial charge in [0.25, 0.3) is 0 Å². The number of aromatic nitrogens is 1. The minimum absolute atomic E-state index is 0.301. The summed E-state index contributed by atoms with van der Waals surface area (Å²) in [4.78, 5) is 15.3. The number of rotatable bonds is 3. The Labute approximate surface area is 99.4 Å². The van der Waals surface area contributed by atoms with E-state index in [2.05, 4.69) is 4.98 Å². The molecule has 0 saturated carbocycles. The fourth-order valence-electron chi connectivity index (χ4n) is 1.27. The molecule has 3 heteroatoms. The van der Waals surface area contributed by atoms with Crippen LogP contribution in [-0.2, 0) is 4.79 Å². The van der Waals surface area contributed by atoms with E-state index in [1.807, 2.05) is 30.3 Å². The van der Waals surface area contributed by atoms with Crippen molar-refractivity contribution < 1.29 is 9.53 Å². The first-order chi connectivity index (χ1) is 8.34. The molecule has 0 radical (unpaired) electrons. The van der Waals surface area contributed by atoms with E-state index in [0.717, 1.165) is 5.56 Å². The van der Waals surface area contributed by atoms with Gasteiger partial charge in [0.05, 0.1) is 0 Å². The van der Waals surface area contributed by atoms with Crippen molar-refractivity contribution in [2.75, 3.05) is 0 Å². The van der Waals surface area contributed by atoms with Gasteiger partial charge in [0, 0.05) is 18.3 Å². The van der Waals surface area contributed by atoms with Gasteiger partial charge < -0.3 is 4.74 Å². The van der Waals surface area contributed by atoms with Crippen LogP contribution in [-0.4, -0.2) is 11.0 Å². The summed E-state index contributed by atoms with van der Waals surface area (Å²) in [6, 6.07) is 14.7. The summed E-state index contributed by atoms with van der Waals surface area (Å²) < 4.78 is 5.00. The molecular formula is C14H11NO2. The lowest BCUT2D eigenvalue weighted by molar-refractivity contribution is -0.129. The average molecular weight is 225 g/mol. The molecule has 0 aliphatic rings. The van der Waals surface area contributed by atoms with E-state index >= 15 is 0 Å². The second-order valence-electron chi connectivity index (χ2n) is 3.33. The Bertz CT molecular complexity index is 506. The van der Waals surface area contributed by atoms with Crippen LogP contribution in [0.25, 0.3) is 6.08 Å². The van der Waals surface area contributed by atoms with Crippen molar-refractivity contribution in [3.8, 4) is 5.88 Å². The SMILES string of the molecule is O=C(/C=C/c1ccccc1)Oc1ccccn1. The molecule has 0 bridgehead atoms. The van der Waals surface area contributed by atoms with Crippen LogP contribution in [0, 0.1) is 0 Å². The number of hydrogen-bond acceptors (Lipinski definition) is 3. The highest BCUT2D eigenvalue weighted by molar-refractivity contribution is 5.88. The quantitative estimate of drug-likeness (QED) is 0.595. The van der Waals surface area contributed by atoms with Crippen molar-refractivity contribution in [3.63, 3.8) is 0 Å². The molecule has 2 aromatic rings. The Morgan fingerprint density at radius 2 is 1.82 bits per heavy atom. The minimum atomic E-state index is -0.437. The van der Waals surface area contributed by atoms with E-state index in [4.69, 9.17) is 4.74 Å². The zero-order valence-electron chi connectivity index (χ0n) is 9.11. The highest BCUT2D eigenvalue weighted by Crippen LogP contribution is 2.05. The first-order valence-corrected chi connectivity index (χ1v) is 5.20. The Morgan fingerprint density at radius 3 is 2.53 bits per heavy atom. The summed E-state index contributed by atoms with van der Waals surface area (Å²) in [6.45, 7) is 0. The molecule has 1 aromatic carbocycles. The molecule has 0 fully saturated rings. The van der Waals surface area contributed by atoms with Gasteiger partial charge in [0.2, 0.25) is 5.88 Å². The van der Waals surface area contributed by atoms with Crippen LogP contribution >= 0.6 is 0 Å². The second-order valence-corrected chi connectivity index (χ2v) is 3.33. The van der Waals surface area contributed by atoms with E-state index in [1.54, 1.807) is 30.5 Å². The van der Waals surface area contributed by atoms with Gasteiger partial charge in [0.15, 0.2) is 0 Å². The summed E-state index contributed by atoms with van der Waals surface area (Å²) in [5.74, 6) is -0.136. The van der Waals surface area contributed by atoms with Crippen LogP contribution in [0.3, 0.4) is 0 Å². The highest BCUT2D eigenvalue weighted by atomic mass is 16.5. The van der Waals surface area contributed by atoms with Gasteiger partial charge in [-0.3, -0.25) is 0 Å². The number of hydrogen-bond donors (Lipinski definition) is 0. The molecule has 0 unspecified atom stereocenters. The molecule has 0 amide bonds. The maximum Gasteiger partial charge on any atom is 0.337 e. The Morgan fingerprint density at radius 1 is 1.06 bits per heavy atom. The predicted molar refractivity (Wildman–Crippen MR) is 65.3 cm³/mol. The molecule has 2 rings (SSSR count). The lowest BCUT2D eigenvalue weighted by Gasteiger charge is -1.98. The molecule has 84 valence electrons. The van der Waals surface area contributed by atoms with Gasteiger partial charge in [-0.2, -0.15) is 0 Å². The molecule has 1 aromatic heterocycles. The third-order valence-electron chi connectivity index (χ3n) is 2.05. The Hall–Kier alpha value is -2.42. The first kappa shape index (κ1) is 11.1. The molecule has 0 spiro atoms. The number of esters is 1. The summed E-state index contributed by atoms with van der Waals surface area (Å²) >= 11 is 0. The summed E-state index contributed by atoms with van der Waals surface area (Å²) in [5, 5.41) is 0. The van der Waals surface area contributed by atoms with Gasteiger partial charge in [-0.1, -0.05) is 36.4 Å². The average Bonchev–Trinajstić information content (AvgIpc) is 2.39. The zero-order chi connectivity index (χ0) is 11.9. The molecule has 0 aliphatic carbocycles. The monoisotopic (exact) mass is 225 g/mol. The van der Waals surface area contributed by atoms with Crippen LogP contribution in [0.15, 0.2) is 60.8 Å². The van der Waals surface area contributed by atoms with Gasteiger partial charge in [-0.15, -0.1) is 0 Å². The molecule has 17 heavy (non-hydrogen) atoms. The number of ether oxygens (including phenoxy) is 1. The summed E-state index contributed by atoms with van der Waals surface area (Å²) in [7, 11) is 0. The number of carbonyl (C=O) groups excluding carboxylic acids is 1. The standard InChI is InChI=1S/C14H11NO2/c16-14(17-13-8-4-5-11-15-13)10-9-12-6-2-1-3-7-12/h1-11H/b10-9+. The van der Waals surface area contributed by atoms with Crippen LogP contribution in [0.2, 0.25) is 0 Å². The van der Waals surface area contributed by atoms with Gasteiger partial charge in [-0.05, 0) is 17.7 Å². The normalized spacial score (nSPS) is 10.4. The van der Waals surface area contributed by atoms with Gasteiger partial charge in [0.1, 0.15) is 0 Å². The van der Waals surface area contributed by atoms with Crippen molar-refractivity contribution >= 4 is 12.0 Å². The lowest BCUT2D eigenvalue weighted by atomic mass is 10.2. The van der Waals surface area contributed by atoms with E-state index in [1.165, 1.54) is 6.08 Å². The van der Waals surface area contributed by atoms with Crippen molar-refractivity contribution in [2.24, 2.45) is 0 Å². The molecule has 0 atom stereocenters. The molecule has 0 N–H and O–H groups in total.